The Labute approximate surface area is 229 Å². The summed E-state index contributed by atoms with van der Waals surface area (Å²) >= 11 is 0. The van der Waals surface area contributed by atoms with E-state index >= 15 is 0 Å². The average molecular weight is 558 g/mol. The SMILES string of the molecule is CC[C@H]1[C@H](O)C2C3CC[C@H]([C@@H](C)C[C@H](C)C(=O)NCCS(=O)(=O)O)[C@@]3(C)[C@@H](O)CC2[C@@]2(C)CC[C@@H](O)C[C@@H]12. The molecular weight excluding hydrogens is 506 g/mol. The monoisotopic (exact) mass is 557 g/mol. The van der Waals surface area contributed by atoms with Gasteiger partial charge >= 0.3 is 0 Å². The molecule has 220 valence electrons. The van der Waals surface area contributed by atoms with Crippen molar-refractivity contribution in [2.24, 2.45) is 58.2 Å². The lowest BCUT2D eigenvalue weighted by atomic mass is 9.41. The minimum Gasteiger partial charge on any atom is -0.393 e. The zero-order valence-corrected chi connectivity index (χ0v) is 24.7. The maximum Gasteiger partial charge on any atom is 0.266 e. The fourth-order valence-corrected chi connectivity index (χ4v) is 10.6. The van der Waals surface area contributed by atoms with Gasteiger partial charge < -0.3 is 20.6 Å². The van der Waals surface area contributed by atoms with Crippen molar-refractivity contribution < 1.29 is 33.1 Å². The van der Waals surface area contributed by atoms with E-state index in [9.17, 15) is 28.5 Å². The summed E-state index contributed by atoms with van der Waals surface area (Å²) in [5.41, 5.74) is -0.317. The van der Waals surface area contributed by atoms with Crippen LogP contribution in [-0.2, 0) is 14.9 Å². The summed E-state index contributed by atoms with van der Waals surface area (Å²) in [6.45, 7) is 10.6. The first-order valence-electron chi connectivity index (χ1n) is 14.9. The van der Waals surface area contributed by atoms with Gasteiger partial charge in [-0.05, 0) is 97.2 Å². The molecule has 38 heavy (non-hydrogen) atoms. The largest absolute Gasteiger partial charge is 0.393 e. The Morgan fingerprint density at radius 2 is 1.71 bits per heavy atom. The topological polar surface area (TPSA) is 144 Å². The third-order valence-electron chi connectivity index (χ3n) is 12.1. The quantitative estimate of drug-likeness (QED) is 0.288. The Morgan fingerprint density at radius 3 is 2.34 bits per heavy atom. The van der Waals surface area contributed by atoms with Crippen molar-refractivity contribution in [3.63, 3.8) is 0 Å². The van der Waals surface area contributed by atoms with Crippen LogP contribution < -0.4 is 5.32 Å². The molecule has 1 amide bonds. The standard InChI is InChI=1S/C29H51NO7S/c1-6-19-22-14-18(31)9-10-28(22,4)23-15-24(32)29(5)20(7-8-21(29)25(23)26(19)33)16(2)13-17(3)27(34)30-11-12-38(35,36)37/h16-26,31-33H,6-15H2,1-5H3,(H,30,34)(H,35,36,37)/t16-,17-,18+,19+,20+,21?,22-,23?,24-,25?,26-,28-,29+/m0/s1. The molecule has 8 nitrogen and oxygen atoms in total. The molecule has 0 aromatic rings. The Hall–Kier alpha value is -0.740. The summed E-state index contributed by atoms with van der Waals surface area (Å²) in [5, 5.41) is 36.8. The number of fused-ring (bicyclic) bond motifs is 5. The minimum atomic E-state index is -4.12. The van der Waals surface area contributed by atoms with Gasteiger partial charge in [-0.3, -0.25) is 9.35 Å². The van der Waals surface area contributed by atoms with Crippen molar-refractivity contribution in [2.45, 2.75) is 104 Å². The molecule has 4 saturated carbocycles. The number of amides is 1. The lowest BCUT2D eigenvalue weighted by Gasteiger charge is -2.65. The van der Waals surface area contributed by atoms with Gasteiger partial charge in [0.05, 0.1) is 24.1 Å². The maximum atomic E-state index is 12.6. The summed E-state index contributed by atoms with van der Waals surface area (Å²) in [5.74, 6) is 0.401. The van der Waals surface area contributed by atoms with Crippen molar-refractivity contribution in [2.75, 3.05) is 12.3 Å². The molecule has 0 saturated heterocycles. The first kappa shape index (κ1) is 30.2. The lowest BCUT2D eigenvalue weighted by molar-refractivity contribution is -0.228. The molecule has 0 aromatic carbocycles. The molecule has 4 aliphatic rings. The zero-order chi connectivity index (χ0) is 28.2. The molecule has 4 rings (SSSR count). The normalized spacial score (nSPS) is 46.4. The fraction of sp³-hybridized carbons (Fsp3) is 0.966. The number of hydrogen-bond acceptors (Lipinski definition) is 6. The van der Waals surface area contributed by atoms with Crippen molar-refractivity contribution >= 4 is 16.0 Å². The molecule has 0 aliphatic heterocycles. The third-order valence-corrected chi connectivity index (χ3v) is 12.8. The zero-order valence-electron chi connectivity index (χ0n) is 23.8. The number of hydrogen-bond donors (Lipinski definition) is 5. The molecule has 0 bridgehead atoms. The van der Waals surface area contributed by atoms with Crippen LogP contribution in [-0.4, -0.2) is 64.8 Å². The maximum absolute atomic E-state index is 12.6. The van der Waals surface area contributed by atoms with E-state index in [1.54, 1.807) is 0 Å². The molecule has 4 aliphatic carbocycles. The number of aliphatic hydroxyl groups excluding tert-OH is 3. The summed E-state index contributed by atoms with van der Waals surface area (Å²) < 4.78 is 30.8. The van der Waals surface area contributed by atoms with E-state index in [-0.39, 0.29) is 76.7 Å². The van der Waals surface area contributed by atoms with Crippen molar-refractivity contribution in [3.05, 3.63) is 0 Å². The van der Waals surface area contributed by atoms with E-state index in [1.807, 2.05) is 6.92 Å². The summed E-state index contributed by atoms with van der Waals surface area (Å²) in [6, 6.07) is 0. The Balaban J connectivity index is 1.51. The van der Waals surface area contributed by atoms with Gasteiger partial charge in [0, 0.05) is 12.5 Å². The molecular formula is C29H51NO7S. The lowest BCUT2D eigenvalue weighted by Crippen LogP contribution is -2.65. The molecule has 0 spiro atoms. The Morgan fingerprint density at radius 1 is 1.03 bits per heavy atom. The van der Waals surface area contributed by atoms with Crippen LogP contribution in [0.2, 0.25) is 0 Å². The van der Waals surface area contributed by atoms with E-state index in [1.165, 1.54) is 0 Å². The smallest absolute Gasteiger partial charge is 0.266 e. The predicted octanol–water partition coefficient (Wildman–Crippen LogP) is 3.25. The van der Waals surface area contributed by atoms with Crippen LogP contribution in [0.25, 0.3) is 0 Å². The molecule has 4 fully saturated rings. The first-order chi connectivity index (χ1) is 17.6. The van der Waals surface area contributed by atoms with E-state index in [2.05, 4.69) is 33.0 Å². The minimum absolute atomic E-state index is 0.0183. The highest BCUT2D eigenvalue weighted by Crippen LogP contribution is 2.69. The molecule has 0 heterocycles. The average Bonchev–Trinajstić information content (AvgIpc) is 3.19. The van der Waals surface area contributed by atoms with Crippen molar-refractivity contribution in [3.8, 4) is 0 Å². The van der Waals surface area contributed by atoms with E-state index < -0.39 is 28.1 Å². The second kappa shape index (κ2) is 10.9. The van der Waals surface area contributed by atoms with E-state index in [0.717, 1.165) is 38.5 Å². The highest BCUT2D eigenvalue weighted by Gasteiger charge is 2.67. The van der Waals surface area contributed by atoms with Crippen molar-refractivity contribution in [1.29, 1.82) is 0 Å². The molecule has 13 atom stereocenters. The number of carbonyl (C=O) groups excluding carboxylic acids is 1. The van der Waals surface area contributed by atoms with Gasteiger partial charge in [-0.25, -0.2) is 0 Å². The van der Waals surface area contributed by atoms with Crippen LogP contribution in [0.3, 0.4) is 0 Å². The Kier molecular flexibility index (Phi) is 8.68. The number of nitrogens with one attached hydrogen (secondary N) is 1. The summed E-state index contributed by atoms with van der Waals surface area (Å²) in [4.78, 5) is 12.6. The summed E-state index contributed by atoms with van der Waals surface area (Å²) in [6.07, 6.45) is 5.43. The third kappa shape index (κ3) is 5.19. The highest BCUT2D eigenvalue weighted by molar-refractivity contribution is 7.85. The van der Waals surface area contributed by atoms with Crippen LogP contribution >= 0.6 is 0 Å². The van der Waals surface area contributed by atoms with Gasteiger partial charge in [-0.15, -0.1) is 0 Å². The fourth-order valence-electron chi connectivity index (χ4n) is 10.2. The Bertz CT molecular complexity index is 974. The van der Waals surface area contributed by atoms with Crippen LogP contribution in [0.15, 0.2) is 0 Å². The van der Waals surface area contributed by atoms with Gasteiger partial charge in [0.2, 0.25) is 5.91 Å². The van der Waals surface area contributed by atoms with Gasteiger partial charge in [-0.1, -0.05) is 41.0 Å². The number of aliphatic hydroxyl groups is 3. The molecule has 9 heteroatoms. The second-order valence-corrected chi connectivity index (χ2v) is 15.5. The van der Waals surface area contributed by atoms with E-state index in [4.69, 9.17) is 4.55 Å². The van der Waals surface area contributed by atoms with E-state index in [0.29, 0.717) is 12.8 Å². The van der Waals surface area contributed by atoms with Crippen molar-refractivity contribution in [1.82, 2.24) is 5.32 Å². The van der Waals surface area contributed by atoms with Gasteiger partial charge in [0.15, 0.2) is 0 Å². The first-order valence-corrected chi connectivity index (χ1v) is 16.5. The predicted molar refractivity (Wildman–Crippen MR) is 146 cm³/mol. The number of carbonyl (C=O) groups is 1. The van der Waals surface area contributed by atoms with Gasteiger partial charge in [0.25, 0.3) is 10.1 Å². The van der Waals surface area contributed by atoms with Gasteiger partial charge in [0.1, 0.15) is 0 Å². The second-order valence-electron chi connectivity index (χ2n) is 13.9. The highest BCUT2D eigenvalue weighted by atomic mass is 32.2. The molecule has 5 N–H and O–H groups in total. The van der Waals surface area contributed by atoms with Crippen LogP contribution in [0.5, 0.6) is 0 Å². The summed E-state index contributed by atoms with van der Waals surface area (Å²) in [7, 11) is -4.12. The van der Waals surface area contributed by atoms with Crippen LogP contribution in [0, 0.1) is 58.2 Å². The molecule has 0 aromatic heterocycles. The van der Waals surface area contributed by atoms with Crippen LogP contribution in [0.1, 0.15) is 86.0 Å². The molecule has 0 radical (unpaired) electrons. The molecule has 3 unspecified atom stereocenters. The van der Waals surface area contributed by atoms with Crippen LogP contribution in [0.4, 0.5) is 0 Å². The number of rotatable bonds is 8. The van der Waals surface area contributed by atoms with Gasteiger partial charge in [-0.2, -0.15) is 8.42 Å².